The van der Waals surface area contributed by atoms with Gasteiger partial charge in [0.2, 0.25) is 0 Å². The fourth-order valence-electron chi connectivity index (χ4n) is 3.36. The Bertz CT molecular complexity index is 357. The average Bonchev–Trinajstić information content (AvgIpc) is 3.18. The molecule has 1 atom stereocenters. The third-order valence-corrected chi connectivity index (χ3v) is 5.09. The van der Waals surface area contributed by atoms with Gasteiger partial charge in [0.25, 0.3) is 0 Å². The van der Waals surface area contributed by atoms with Crippen molar-refractivity contribution in [1.82, 2.24) is 10.9 Å². The first-order chi connectivity index (χ1) is 9.41. The molecule has 0 aromatic heterocycles. The van der Waals surface area contributed by atoms with E-state index in [1.807, 2.05) is 13.8 Å². The molecule has 0 aromatic carbocycles. The van der Waals surface area contributed by atoms with Crippen LogP contribution in [0.2, 0.25) is 0 Å². The van der Waals surface area contributed by atoms with Gasteiger partial charge in [0.05, 0.1) is 0 Å². The summed E-state index contributed by atoms with van der Waals surface area (Å²) in [4.78, 5) is 12.7. The molecule has 5 nitrogen and oxygen atoms in total. The SMILES string of the molecule is CCCC1(OC(=O)C(N)(CC)C2(C)NN2)CCCCC1. The number of nitrogens with one attached hydrogen (secondary N) is 2. The number of esters is 1. The van der Waals surface area contributed by atoms with Crippen molar-refractivity contribution < 1.29 is 9.53 Å². The highest BCUT2D eigenvalue weighted by molar-refractivity contribution is 5.83. The second-order valence-corrected chi connectivity index (χ2v) is 6.58. The summed E-state index contributed by atoms with van der Waals surface area (Å²) in [6, 6.07) is 0. The molecule has 1 aliphatic heterocycles. The summed E-state index contributed by atoms with van der Waals surface area (Å²) < 4.78 is 6.00. The third kappa shape index (κ3) is 2.71. The lowest BCUT2D eigenvalue weighted by atomic mass is 9.80. The van der Waals surface area contributed by atoms with E-state index in [0.717, 1.165) is 38.5 Å². The van der Waals surface area contributed by atoms with Crippen LogP contribution in [0.3, 0.4) is 0 Å². The Morgan fingerprint density at radius 3 is 2.30 bits per heavy atom. The van der Waals surface area contributed by atoms with E-state index in [1.54, 1.807) is 0 Å². The van der Waals surface area contributed by atoms with Gasteiger partial charge in [-0.15, -0.1) is 0 Å². The van der Waals surface area contributed by atoms with Crippen molar-refractivity contribution in [3.63, 3.8) is 0 Å². The summed E-state index contributed by atoms with van der Waals surface area (Å²) in [5, 5.41) is 0. The number of nitrogens with two attached hydrogens (primary N) is 1. The number of rotatable bonds is 6. The zero-order valence-electron chi connectivity index (χ0n) is 13.1. The normalized spacial score (nSPS) is 26.6. The van der Waals surface area contributed by atoms with Crippen LogP contribution >= 0.6 is 0 Å². The van der Waals surface area contributed by atoms with E-state index in [-0.39, 0.29) is 11.6 Å². The highest BCUT2D eigenvalue weighted by atomic mass is 16.6. The number of carbonyl (C=O) groups is 1. The van der Waals surface area contributed by atoms with Crippen LogP contribution in [0, 0.1) is 0 Å². The number of carbonyl (C=O) groups excluding carboxylic acids is 1. The third-order valence-electron chi connectivity index (χ3n) is 5.09. The highest BCUT2D eigenvalue weighted by Crippen LogP contribution is 2.38. The smallest absolute Gasteiger partial charge is 0.330 e. The Labute approximate surface area is 122 Å². The van der Waals surface area contributed by atoms with Gasteiger partial charge in [0.15, 0.2) is 0 Å². The zero-order valence-corrected chi connectivity index (χ0v) is 13.1. The first-order valence-electron chi connectivity index (χ1n) is 7.98. The molecule has 0 bridgehead atoms. The molecule has 0 radical (unpaired) electrons. The largest absolute Gasteiger partial charge is 0.458 e. The maximum Gasteiger partial charge on any atom is 0.330 e. The zero-order chi connectivity index (χ0) is 14.9. The van der Waals surface area contributed by atoms with E-state index < -0.39 is 11.2 Å². The number of hydrogen-bond donors (Lipinski definition) is 3. The first kappa shape index (κ1) is 15.7. The molecule has 20 heavy (non-hydrogen) atoms. The highest BCUT2D eigenvalue weighted by Gasteiger charge is 2.59. The molecule has 1 saturated heterocycles. The lowest BCUT2D eigenvalue weighted by Crippen LogP contribution is -2.62. The van der Waals surface area contributed by atoms with Gasteiger partial charge in [-0.25, -0.2) is 15.6 Å². The summed E-state index contributed by atoms with van der Waals surface area (Å²) in [6.07, 6.45) is 8.00. The molecular weight excluding hydrogens is 254 g/mol. The van der Waals surface area contributed by atoms with Crippen molar-refractivity contribution in [2.24, 2.45) is 5.73 Å². The van der Waals surface area contributed by atoms with Crippen LogP contribution in [0.15, 0.2) is 0 Å². The van der Waals surface area contributed by atoms with Crippen LogP contribution in [0.5, 0.6) is 0 Å². The van der Waals surface area contributed by atoms with Crippen molar-refractivity contribution in [3.8, 4) is 0 Å². The Kier molecular flexibility index (Phi) is 4.42. The lowest BCUT2D eigenvalue weighted by molar-refractivity contribution is -0.173. The molecule has 1 unspecified atom stereocenters. The molecule has 5 heteroatoms. The van der Waals surface area contributed by atoms with Gasteiger partial charge in [-0.2, -0.15) is 0 Å². The topological polar surface area (TPSA) is 96.2 Å². The number of hydrogen-bond acceptors (Lipinski definition) is 5. The van der Waals surface area contributed by atoms with Gasteiger partial charge >= 0.3 is 5.97 Å². The molecule has 0 spiro atoms. The van der Waals surface area contributed by atoms with Crippen molar-refractivity contribution in [2.45, 2.75) is 88.9 Å². The molecule has 1 aliphatic carbocycles. The van der Waals surface area contributed by atoms with Gasteiger partial charge in [0.1, 0.15) is 16.8 Å². The minimum absolute atomic E-state index is 0.268. The predicted molar refractivity (Wildman–Crippen MR) is 78.7 cm³/mol. The van der Waals surface area contributed by atoms with Crippen LogP contribution in [0.25, 0.3) is 0 Å². The summed E-state index contributed by atoms with van der Waals surface area (Å²) in [5.74, 6) is -0.268. The van der Waals surface area contributed by atoms with E-state index in [9.17, 15) is 4.79 Å². The quantitative estimate of drug-likeness (QED) is 0.511. The molecule has 0 amide bonds. The fraction of sp³-hybridized carbons (Fsp3) is 0.933. The maximum absolute atomic E-state index is 12.7. The van der Waals surface area contributed by atoms with E-state index in [0.29, 0.717) is 6.42 Å². The Hall–Kier alpha value is -0.650. The number of ether oxygens (including phenoxy) is 1. The molecule has 1 saturated carbocycles. The Morgan fingerprint density at radius 1 is 1.25 bits per heavy atom. The molecule has 116 valence electrons. The molecule has 1 heterocycles. The van der Waals surface area contributed by atoms with E-state index in [2.05, 4.69) is 17.8 Å². The van der Waals surface area contributed by atoms with Crippen molar-refractivity contribution >= 4 is 5.97 Å². The Balaban J connectivity index is 2.11. The second-order valence-electron chi connectivity index (χ2n) is 6.58. The maximum atomic E-state index is 12.7. The monoisotopic (exact) mass is 283 g/mol. The average molecular weight is 283 g/mol. The van der Waals surface area contributed by atoms with Crippen LogP contribution in [-0.2, 0) is 9.53 Å². The minimum Gasteiger partial charge on any atom is -0.458 e. The van der Waals surface area contributed by atoms with E-state index in [1.165, 1.54) is 6.42 Å². The molecule has 4 N–H and O–H groups in total. The van der Waals surface area contributed by atoms with Crippen LogP contribution in [-0.4, -0.2) is 22.8 Å². The van der Waals surface area contributed by atoms with Gasteiger partial charge in [-0.3, -0.25) is 0 Å². The first-order valence-corrected chi connectivity index (χ1v) is 7.98. The minimum atomic E-state index is -1.01. The summed E-state index contributed by atoms with van der Waals surface area (Å²) in [6.45, 7) is 5.98. The summed E-state index contributed by atoms with van der Waals surface area (Å²) in [5.41, 5.74) is 10.5. The summed E-state index contributed by atoms with van der Waals surface area (Å²) >= 11 is 0. The molecular formula is C15H29N3O2. The van der Waals surface area contributed by atoms with E-state index >= 15 is 0 Å². The Morgan fingerprint density at radius 2 is 1.85 bits per heavy atom. The molecule has 2 aliphatic rings. The van der Waals surface area contributed by atoms with Gasteiger partial charge in [-0.05, 0) is 45.4 Å². The van der Waals surface area contributed by atoms with Crippen LogP contribution in [0.4, 0.5) is 0 Å². The van der Waals surface area contributed by atoms with Gasteiger partial charge in [0, 0.05) is 0 Å². The summed E-state index contributed by atoms with van der Waals surface area (Å²) in [7, 11) is 0. The van der Waals surface area contributed by atoms with Crippen molar-refractivity contribution in [3.05, 3.63) is 0 Å². The van der Waals surface area contributed by atoms with Crippen LogP contribution < -0.4 is 16.6 Å². The number of hydrazine groups is 1. The van der Waals surface area contributed by atoms with Gasteiger partial charge in [-0.1, -0.05) is 26.7 Å². The molecule has 2 fully saturated rings. The predicted octanol–water partition coefficient (Wildman–Crippen LogP) is 1.96. The molecule has 2 rings (SSSR count). The standard InChI is InChI=1S/C15H29N3O2/c1-4-9-14(10-7-6-8-11-14)20-12(19)15(16,5-2)13(3)17-18-13/h17-18H,4-11,16H2,1-3H3. The lowest BCUT2D eigenvalue weighted by Gasteiger charge is -2.40. The van der Waals surface area contributed by atoms with Gasteiger partial charge < -0.3 is 10.5 Å². The molecule has 0 aromatic rings. The van der Waals surface area contributed by atoms with Crippen LogP contribution in [0.1, 0.15) is 72.1 Å². The second kappa shape index (κ2) is 5.62. The van der Waals surface area contributed by atoms with E-state index in [4.69, 9.17) is 10.5 Å². The van der Waals surface area contributed by atoms with Crippen molar-refractivity contribution in [2.75, 3.05) is 0 Å². The fourth-order valence-corrected chi connectivity index (χ4v) is 3.36. The van der Waals surface area contributed by atoms with Crippen molar-refractivity contribution in [1.29, 1.82) is 0 Å².